The van der Waals surface area contributed by atoms with Crippen LogP contribution >= 0.6 is 12.2 Å². The first-order valence-electron chi connectivity index (χ1n) is 9.59. The quantitative estimate of drug-likeness (QED) is 0.606. The number of hydrogen-bond acceptors (Lipinski definition) is 3. The molecule has 4 rings (SSSR count). The molecule has 142 valence electrons. The van der Waals surface area contributed by atoms with Gasteiger partial charge in [-0.2, -0.15) is 0 Å². The predicted molar refractivity (Wildman–Crippen MR) is 113 cm³/mol. The van der Waals surface area contributed by atoms with E-state index < -0.39 is 0 Å². The Labute approximate surface area is 165 Å². The van der Waals surface area contributed by atoms with Crippen molar-refractivity contribution in [1.82, 2.24) is 14.9 Å². The average molecular weight is 382 g/mol. The maximum Gasteiger partial charge on any atom is 0.175 e. The molecule has 0 fully saturated rings. The van der Waals surface area contributed by atoms with Gasteiger partial charge in [-0.1, -0.05) is 44.2 Å². The van der Waals surface area contributed by atoms with Gasteiger partial charge in [-0.05, 0) is 48.8 Å². The van der Waals surface area contributed by atoms with Crippen LogP contribution in [0, 0.1) is 10.2 Å². The van der Waals surface area contributed by atoms with Gasteiger partial charge in [0.25, 0.3) is 0 Å². The van der Waals surface area contributed by atoms with Crippen molar-refractivity contribution >= 4 is 23.3 Å². The van der Waals surface area contributed by atoms with Gasteiger partial charge in [0.2, 0.25) is 0 Å². The molecule has 5 heteroatoms. The summed E-state index contributed by atoms with van der Waals surface area (Å²) in [5.74, 6) is 0.851. The van der Waals surface area contributed by atoms with Gasteiger partial charge in [-0.25, -0.2) is 0 Å². The van der Waals surface area contributed by atoms with Crippen molar-refractivity contribution in [2.75, 3.05) is 13.2 Å². The molecule has 2 heterocycles. The fraction of sp³-hybridized carbons (Fsp3) is 0.409. The number of aromatic nitrogens is 2. The van der Waals surface area contributed by atoms with Crippen LogP contribution in [0.1, 0.15) is 31.9 Å². The Kier molecular flexibility index (Phi) is 4.82. The van der Waals surface area contributed by atoms with Crippen LogP contribution in [0.4, 0.5) is 0 Å². The molecule has 1 aliphatic heterocycles. The van der Waals surface area contributed by atoms with Gasteiger partial charge in [-0.15, -0.1) is 0 Å². The number of aromatic amines is 2. The summed E-state index contributed by atoms with van der Waals surface area (Å²) >= 11 is 5.22. The summed E-state index contributed by atoms with van der Waals surface area (Å²) in [6.45, 7) is 9.66. The number of nitrogens with one attached hydrogen (secondary N) is 2. The minimum atomic E-state index is 0.0154. The van der Waals surface area contributed by atoms with Crippen LogP contribution in [0.15, 0.2) is 42.5 Å². The summed E-state index contributed by atoms with van der Waals surface area (Å²) in [5.41, 5.74) is 4.89. The maximum atomic E-state index is 6.25. The van der Waals surface area contributed by atoms with Crippen molar-refractivity contribution in [2.45, 2.75) is 39.8 Å². The van der Waals surface area contributed by atoms with Gasteiger partial charge in [0.05, 0.1) is 12.1 Å². The molecule has 0 amide bonds. The maximum absolute atomic E-state index is 6.25. The van der Waals surface area contributed by atoms with E-state index in [2.05, 4.69) is 59.9 Å². The van der Waals surface area contributed by atoms with E-state index in [9.17, 15) is 0 Å². The third kappa shape index (κ3) is 3.66. The Morgan fingerprint density at radius 3 is 2.70 bits per heavy atom. The number of para-hydroxylation sites is 1. The van der Waals surface area contributed by atoms with Crippen molar-refractivity contribution in [3.63, 3.8) is 0 Å². The molecular formula is C22H27N3OS. The van der Waals surface area contributed by atoms with Crippen molar-refractivity contribution in [3.8, 4) is 5.75 Å². The van der Waals surface area contributed by atoms with Gasteiger partial charge in [-0.3, -0.25) is 4.90 Å². The lowest BCUT2D eigenvalue weighted by molar-refractivity contribution is 0.0497. The monoisotopic (exact) mass is 381 g/mol. The Morgan fingerprint density at radius 1 is 1.11 bits per heavy atom. The molecule has 27 heavy (non-hydrogen) atoms. The number of ether oxygens (including phenoxy) is 1. The molecule has 1 atom stereocenters. The first kappa shape index (κ1) is 18.3. The number of imidazole rings is 1. The van der Waals surface area contributed by atoms with Crippen molar-refractivity contribution in [2.24, 2.45) is 5.41 Å². The zero-order valence-corrected chi connectivity index (χ0v) is 17.0. The fourth-order valence-corrected chi connectivity index (χ4v) is 4.09. The Bertz CT molecular complexity index is 1000. The predicted octanol–water partition coefficient (Wildman–Crippen LogP) is 5.08. The van der Waals surface area contributed by atoms with Crippen LogP contribution < -0.4 is 4.74 Å². The summed E-state index contributed by atoms with van der Waals surface area (Å²) in [4.78, 5) is 8.92. The van der Waals surface area contributed by atoms with Crippen molar-refractivity contribution in [1.29, 1.82) is 0 Å². The minimum Gasteiger partial charge on any atom is -0.491 e. The third-order valence-electron chi connectivity index (χ3n) is 5.95. The molecular weight excluding hydrogens is 354 g/mol. The van der Waals surface area contributed by atoms with Crippen molar-refractivity contribution < 1.29 is 4.74 Å². The summed E-state index contributed by atoms with van der Waals surface area (Å²) in [6, 6.07) is 15.2. The van der Waals surface area contributed by atoms with Crippen LogP contribution in [-0.2, 0) is 13.0 Å². The molecule has 1 unspecified atom stereocenters. The van der Waals surface area contributed by atoms with Crippen molar-refractivity contribution in [3.05, 3.63) is 58.4 Å². The highest BCUT2D eigenvalue weighted by atomic mass is 32.1. The highest BCUT2D eigenvalue weighted by Crippen LogP contribution is 2.31. The first-order chi connectivity index (χ1) is 12.9. The molecule has 2 aromatic carbocycles. The second kappa shape index (κ2) is 7.13. The Morgan fingerprint density at radius 2 is 1.89 bits per heavy atom. The number of nitrogens with zero attached hydrogens (tertiary/aromatic N) is 1. The standard InChI is InChI=1S/C22H27N3OS/c1-15(25-12-11-16-7-4-5-8-17(16)13-25)22(2,3)14-26-19-10-6-9-18-20(19)24-21(27)23-18/h4-10,15H,11-14H2,1-3H3,(H2,23,24,27). The zero-order valence-electron chi connectivity index (χ0n) is 16.2. The second-order valence-corrected chi connectivity index (χ2v) is 8.61. The van der Waals surface area contributed by atoms with E-state index in [1.165, 1.54) is 11.1 Å². The van der Waals surface area contributed by atoms with E-state index in [0.29, 0.717) is 17.4 Å². The van der Waals surface area contributed by atoms with Gasteiger partial charge in [0, 0.05) is 24.5 Å². The topological polar surface area (TPSA) is 44.0 Å². The van der Waals surface area contributed by atoms with E-state index in [0.717, 1.165) is 36.3 Å². The third-order valence-corrected chi connectivity index (χ3v) is 6.16. The van der Waals surface area contributed by atoms with Gasteiger partial charge >= 0.3 is 0 Å². The lowest BCUT2D eigenvalue weighted by Crippen LogP contribution is -2.47. The molecule has 3 aromatic rings. The van der Waals surface area contributed by atoms with Crippen LogP contribution in [0.2, 0.25) is 0 Å². The van der Waals surface area contributed by atoms with E-state index >= 15 is 0 Å². The van der Waals surface area contributed by atoms with E-state index in [1.54, 1.807) is 0 Å². The van der Waals surface area contributed by atoms with E-state index in [-0.39, 0.29) is 5.41 Å². The fourth-order valence-electron chi connectivity index (χ4n) is 3.88. The highest BCUT2D eigenvalue weighted by Gasteiger charge is 2.33. The molecule has 0 spiro atoms. The minimum absolute atomic E-state index is 0.0154. The summed E-state index contributed by atoms with van der Waals surface area (Å²) in [7, 11) is 0. The summed E-state index contributed by atoms with van der Waals surface area (Å²) in [6.07, 6.45) is 1.12. The molecule has 0 aliphatic carbocycles. The smallest absolute Gasteiger partial charge is 0.175 e. The number of fused-ring (bicyclic) bond motifs is 2. The molecule has 4 nitrogen and oxygen atoms in total. The van der Waals surface area contributed by atoms with Crippen LogP contribution in [-0.4, -0.2) is 34.1 Å². The van der Waals surface area contributed by atoms with E-state index in [1.807, 2.05) is 18.2 Å². The molecule has 0 saturated heterocycles. The van der Waals surface area contributed by atoms with Crippen LogP contribution in [0.25, 0.3) is 11.0 Å². The Balaban J connectivity index is 1.47. The average Bonchev–Trinajstić information content (AvgIpc) is 3.06. The number of hydrogen-bond donors (Lipinski definition) is 2. The molecule has 1 aromatic heterocycles. The zero-order chi connectivity index (χ0) is 19.0. The van der Waals surface area contributed by atoms with Gasteiger partial charge in [0.15, 0.2) is 4.77 Å². The molecule has 0 bridgehead atoms. The SMILES string of the molecule is CC(N1CCc2ccccc2C1)C(C)(C)COc1cccc2[nH]c(=S)[nH]c12. The normalized spacial score (nSPS) is 16.3. The molecule has 2 N–H and O–H groups in total. The highest BCUT2D eigenvalue weighted by molar-refractivity contribution is 7.71. The summed E-state index contributed by atoms with van der Waals surface area (Å²) in [5, 5.41) is 0. The lowest BCUT2D eigenvalue weighted by atomic mass is 9.84. The number of benzene rings is 2. The molecule has 0 saturated carbocycles. The van der Waals surface area contributed by atoms with Gasteiger partial charge < -0.3 is 14.7 Å². The van der Waals surface area contributed by atoms with E-state index in [4.69, 9.17) is 17.0 Å². The summed E-state index contributed by atoms with van der Waals surface area (Å²) < 4.78 is 6.88. The lowest BCUT2D eigenvalue weighted by Gasteiger charge is -2.42. The number of H-pyrrole nitrogens is 2. The Hall–Kier alpha value is -2.11. The largest absolute Gasteiger partial charge is 0.491 e. The number of rotatable bonds is 5. The van der Waals surface area contributed by atoms with Crippen LogP contribution in [0.3, 0.4) is 0 Å². The molecule has 0 radical (unpaired) electrons. The van der Waals surface area contributed by atoms with Gasteiger partial charge in [0.1, 0.15) is 11.3 Å². The second-order valence-electron chi connectivity index (χ2n) is 8.20. The molecule has 1 aliphatic rings. The van der Waals surface area contributed by atoms with Crippen LogP contribution in [0.5, 0.6) is 5.75 Å². The first-order valence-corrected chi connectivity index (χ1v) is 9.99.